The summed E-state index contributed by atoms with van der Waals surface area (Å²) in [4.78, 5) is 39.8. The first-order valence-electron chi connectivity index (χ1n) is 13.2. The van der Waals surface area contributed by atoms with Gasteiger partial charge in [-0.05, 0) is 25.3 Å². The summed E-state index contributed by atoms with van der Waals surface area (Å²) in [7, 11) is 0. The topological polar surface area (TPSA) is 124 Å². The number of carbonyl (C=O) groups excluding carboxylic acids is 2. The number of hydrogen-bond acceptors (Lipinski definition) is 8. The number of fused-ring (bicyclic) bond motifs is 2. The van der Waals surface area contributed by atoms with Crippen molar-refractivity contribution in [1.29, 1.82) is 0 Å². The molecule has 3 aliphatic rings. The summed E-state index contributed by atoms with van der Waals surface area (Å²) >= 11 is 5.81. The molecule has 1 aliphatic carbocycles. The highest BCUT2D eigenvalue weighted by atomic mass is 35.5. The minimum atomic E-state index is -3.01. The monoisotopic (exact) mass is 611 g/mol. The summed E-state index contributed by atoms with van der Waals surface area (Å²) < 4.78 is 54.9. The van der Waals surface area contributed by atoms with Crippen LogP contribution in [-0.4, -0.2) is 49.9 Å². The second kappa shape index (κ2) is 10.2. The molecule has 2 aliphatic heterocycles. The molecule has 5 heterocycles. The Kier molecular flexibility index (Phi) is 6.45. The molecule has 1 saturated heterocycles. The van der Waals surface area contributed by atoms with Crippen LogP contribution in [0.1, 0.15) is 47.4 Å². The summed E-state index contributed by atoms with van der Waals surface area (Å²) in [6.07, 6.45) is 4.70. The van der Waals surface area contributed by atoms with Gasteiger partial charge in [0.1, 0.15) is 5.69 Å². The zero-order valence-corrected chi connectivity index (χ0v) is 23.1. The van der Waals surface area contributed by atoms with Gasteiger partial charge in [-0.2, -0.15) is 5.10 Å². The number of halogens is 4. The van der Waals surface area contributed by atoms with Crippen LogP contribution in [0.15, 0.2) is 43.1 Å². The number of pyridine rings is 1. The fraction of sp³-hybridized carbons (Fsp3) is 0.286. The van der Waals surface area contributed by atoms with E-state index in [0.717, 1.165) is 30.9 Å². The van der Waals surface area contributed by atoms with E-state index < -0.39 is 35.3 Å². The van der Waals surface area contributed by atoms with Crippen LogP contribution in [0.4, 0.5) is 24.7 Å². The number of hydrogen-bond donors (Lipinski definition) is 1. The lowest BCUT2D eigenvalue weighted by Crippen LogP contribution is -2.29. The van der Waals surface area contributed by atoms with Crippen LogP contribution in [0.25, 0.3) is 11.3 Å². The Morgan fingerprint density at radius 1 is 1.14 bits per heavy atom. The molecule has 1 N–H and O–H groups in total. The van der Waals surface area contributed by atoms with E-state index in [1.165, 1.54) is 6.20 Å². The van der Waals surface area contributed by atoms with Crippen LogP contribution >= 0.6 is 11.6 Å². The number of benzene rings is 1. The normalized spacial score (nSPS) is 19.1. The van der Waals surface area contributed by atoms with Crippen LogP contribution in [0.3, 0.4) is 0 Å². The van der Waals surface area contributed by atoms with Crippen molar-refractivity contribution in [2.45, 2.75) is 25.8 Å². The minimum Gasteiger partial charge on any atom is -0.453 e. The van der Waals surface area contributed by atoms with Gasteiger partial charge in [0.25, 0.3) is 12.3 Å². The molecular formula is C28H21ClF3N7O4. The number of piperidine rings is 1. The lowest BCUT2D eigenvalue weighted by molar-refractivity contribution is -0.118. The van der Waals surface area contributed by atoms with Crippen LogP contribution < -0.4 is 19.7 Å². The van der Waals surface area contributed by atoms with Gasteiger partial charge in [-0.15, -0.1) is 0 Å². The standard InChI is InChI=1S/C28H21ClF3N7O4/c1-12(17-6-34-26(24-23(17)42-11-43-24)38-9-13-4-16(13)28(38)41)39-10-14(5-35-39)36-27(40)20-8-33-7-19(37-20)21-15(25(31)32)2-3-18(29)22(21)30/h2-3,5-8,10,12-13,16,25H,4,9,11H2,1H3,(H,36,40)/t12-,13-,16-/m1/s1. The molecule has 0 spiro atoms. The molecule has 7 rings (SSSR count). The number of nitrogens with one attached hydrogen (secondary N) is 1. The number of amides is 2. The van der Waals surface area contributed by atoms with E-state index in [1.807, 2.05) is 6.92 Å². The molecule has 0 radical (unpaired) electrons. The van der Waals surface area contributed by atoms with Crippen molar-refractivity contribution in [3.63, 3.8) is 0 Å². The first-order chi connectivity index (χ1) is 20.7. The largest absolute Gasteiger partial charge is 0.453 e. The van der Waals surface area contributed by atoms with Gasteiger partial charge >= 0.3 is 0 Å². The van der Waals surface area contributed by atoms with Crippen LogP contribution in [-0.2, 0) is 4.79 Å². The fourth-order valence-corrected chi connectivity index (χ4v) is 5.58. The van der Waals surface area contributed by atoms with E-state index in [-0.39, 0.29) is 35.0 Å². The average molecular weight is 612 g/mol. The van der Waals surface area contributed by atoms with Crippen molar-refractivity contribution in [2.75, 3.05) is 23.6 Å². The molecule has 1 saturated carbocycles. The maximum Gasteiger partial charge on any atom is 0.275 e. The van der Waals surface area contributed by atoms with Crippen molar-refractivity contribution in [3.05, 3.63) is 70.8 Å². The summed E-state index contributed by atoms with van der Waals surface area (Å²) in [6.45, 7) is 2.45. The van der Waals surface area contributed by atoms with E-state index in [1.54, 1.807) is 22.0 Å². The third-order valence-electron chi connectivity index (χ3n) is 7.77. The molecule has 3 atom stereocenters. The molecule has 15 heteroatoms. The Bertz CT molecular complexity index is 1800. The van der Waals surface area contributed by atoms with Gasteiger partial charge in [0, 0.05) is 41.5 Å². The maximum atomic E-state index is 14.7. The number of ether oxygens (including phenoxy) is 2. The smallest absolute Gasteiger partial charge is 0.275 e. The highest BCUT2D eigenvalue weighted by Crippen LogP contribution is 2.51. The number of nitrogens with zero attached hydrogens (tertiary/aromatic N) is 6. The predicted octanol–water partition coefficient (Wildman–Crippen LogP) is 5.04. The third kappa shape index (κ3) is 4.61. The van der Waals surface area contributed by atoms with Gasteiger partial charge in [-0.3, -0.25) is 24.2 Å². The Labute approximate surface area is 246 Å². The lowest BCUT2D eigenvalue weighted by Gasteiger charge is -2.21. The van der Waals surface area contributed by atoms with Crippen molar-refractivity contribution >= 4 is 34.9 Å². The molecule has 220 valence electrons. The summed E-state index contributed by atoms with van der Waals surface area (Å²) in [5.41, 5.74) is -0.716. The van der Waals surface area contributed by atoms with E-state index in [0.29, 0.717) is 41.0 Å². The van der Waals surface area contributed by atoms with Gasteiger partial charge in [-0.1, -0.05) is 17.7 Å². The molecule has 43 heavy (non-hydrogen) atoms. The minimum absolute atomic E-state index is 0.0129. The second-order valence-corrected chi connectivity index (χ2v) is 10.8. The molecular weight excluding hydrogens is 591 g/mol. The van der Waals surface area contributed by atoms with Gasteiger partial charge in [0.15, 0.2) is 17.4 Å². The lowest BCUT2D eigenvalue weighted by atomic mass is 10.0. The molecule has 0 bridgehead atoms. The molecule has 11 nitrogen and oxygen atoms in total. The Balaban J connectivity index is 1.11. The van der Waals surface area contributed by atoms with Gasteiger partial charge in [0.2, 0.25) is 18.4 Å². The Hall–Kier alpha value is -4.72. The number of rotatable bonds is 7. The number of aromatic nitrogens is 5. The highest BCUT2D eigenvalue weighted by molar-refractivity contribution is 6.31. The first kappa shape index (κ1) is 27.1. The zero-order chi connectivity index (χ0) is 30.0. The Morgan fingerprint density at radius 2 is 1.95 bits per heavy atom. The molecule has 2 amide bonds. The van der Waals surface area contributed by atoms with Crippen LogP contribution in [0.2, 0.25) is 5.02 Å². The van der Waals surface area contributed by atoms with E-state index in [9.17, 15) is 22.8 Å². The third-order valence-corrected chi connectivity index (χ3v) is 8.07. The quantitative estimate of drug-likeness (QED) is 0.308. The van der Waals surface area contributed by atoms with Gasteiger partial charge in [-0.25, -0.2) is 23.1 Å². The average Bonchev–Trinajstić information content (AvgIpc) is 3.29. The van der Waals surface area contributed by atoms with E-state index >= 15 is 0 Å². The number of alkyl halides is 2. The fourth-order valence-electron chi connectivity index (χ4n) is 5.42. The SMILES string of the molecule is C[C@H](c1cnc(N2C[C@H]3C[C@H]3C2=O)c2c1OCO2)n1cc(NC(=O)c2cncc(-c3c(C(F)F)ccc(Cl)c3F)n2)cn1. The number of anilines is 2. The van der Waals surface area contributed by atoms with E-state index in [4.69, 9.17) is 21.1 Å². The number of carbonyl (C=O) groups is 2. The maximum absolute atomic E-state index is 14.7. The Morgan fingerprint density at radius 3 is 2.72 bits per heavy atom. The van der Waals surface area contributed by atoms with Gasteiger partial charge < -0.3 is 14.8 Å². The molecule has 2 fully saturated rings. The molecule has 1 aromatic carbocycles. The van der Waals surface area contributed by atoms with Crippen LogP contribution in [0, 0.1) is 17.7 Å². The van der Waals surface area contributed by atoms with Crippen molar-refractivity contribution in [3.8, 4) is 22.8 Å². The molecule has 0 unspecified atom stereocenters. The summed E-state index contributed by atoms with van der Waals surface area (Å²) in [5, 5.41) is 6.60. The summed E-state index contributed by atoms with van der Waals surface area (Å²) in [5.74, 6) is -0.0164. The molecule has 4 aromatic rings. The van der Waals surface area contributed by atoms with Gasteiger partial charge in [0.05, 0.1) is 41.0 Å². The molecule has 3 aromatic heterocycles. The summed E-state index contributed by atoms with van der Waals surface area (Å²) in [6, 6.07) is 1.62. The zero-order valence-electron chi connectivity index (χ0n) is 22.3. The van der Waals surface area contributed by atoms with Crippen molar-refractivity contribution < 1.29 is 32.2 Å². The first-order valence-corrected chi connectivity index (χ1v) is 13.6. The van der Waals surface area contributed by atoms with Crippen LogP contribution in [0.5, 0.6) is 11.5 Å². The highest BCUT2D eigenvalue weighted by Gasteiger charge is 2.53. The van der Waals surface area contributed by atoms with Crippen molar-refractivity contribution in [1.82, 2.24) is 24.7 Å². The second-order valence-electron chi connectivity index (χ2n) is 10.4. The predicted molar refractivity (Wildman–Crippen MR) is 146 cm³/mol. The van der Waals surface area contributed by atoms with E-state index in [2.05, 4.69) is 25.4 Å². The van der Waals surface area contributed by atoms with Crippen molar-refractivity contribution in [2.24, 2.45) is 11.8 Å².